The maximum atomic E-state index is 13.2. The molecule has 0 N–H and O–H groups in total. The highest BCUT2D eigenvalue weighted by Crippen LogP contribution is 2.24. The number of anilines is 1. The van der Waals surface area contributed by atoms with Gasteiger partial charge in [0.25, 0.3) is 5.91 Å². The van der Waals surface area contributed by atoms with E-state index in [0.717, 1.165) is 68.9 Å². The van der Waals surface area contributed by atoms with Gasteiger partial charge < -0.3 is 14.5 Å². The molecule has 2 aliphatic rings. The Kier molecular flexibility index (Phi) is 5.90. The van der Waals surface area contributed by atoms with Crippen LogP contribution in [0.25, 0.3) is 11.0 Å². The lowest BCUT2D eigenvalue weighted by Gasteiger charge is -2.44. The van der Waals surface area contributed by atoms with Gasteiger partial charge in [-0.3, -0.25) is 19.7 Å². The summed E-state index contributed by atoms with van der Waals surface area (Å²) >= 11 is 0. The van der Waals surface area contributed by atoms with Gasteiger partial charge in [-0.15, -0.1) is 0 Å². The first-order valence-corrected chi connectivity index (χ1v) is 11.3. The summed E-state index contributed by atoms with van der Waals surface area (Å²) in [4.78, 5) is 28.9. The molecule has 7 heteroatoms. The number of methoxy groups -OCH3 is 1. The number of rotatable bonds is 4. The van der Waals surface area contributed by atoms with Crippen LogP contribution in [0.3, 0.4) is 0 Å². The molecule has 0 spiro atoms. The van der Waals surface area contributed by atoms with Crippen molar-refractivity contribution >= 4 is 22.6 Å². The molecule has 1 amide bonds. The molecule has 3 heterocycles. The normalized spacial score (nSPS) is 19.8. The number of carbonyl (C=O) groups is 1. The van der Waals surface area contributed by atoms with Crippen molar-refractivity contribution < 1.29 is 9.53 Å². The van der Waals surface area contributed by atoms with E-state index >= 15 is 0 Å². The number of benzene rings is 2. The number of ether oxygens (including phenoxy) is 1. The summed E-state index contributed by atoms with van der Waals surface area (Å²) in [7, 11) is 1.69. The van der Waals surface area contributed by atoms with Crippen LogP contribution in [0.2, 0.25) is 0 Å². The monoisotopic (exact) mass is 431 g/mol. The van der Waals surface area contributed by atoms with E-state index in [1.54, 1.807) is 19.5 Å². The molecule has 1 atom stereocenters. The third-order valence-corrected chi connectivity index (χ3v) is 6.67. The van der Waals surface area contributed by atoms with Crippen molar-refractivity contribution in [3.8, 4) is 5.75 Å². The van der Waals surface area contributed by atoms with Crippen LogP contribution in [0.1, 0.15) is 23.2 Å². The van der Waals surface area contributed by atoms with Gasteiger partial charge in [0.1, 0.15) is 5.75 Å². The Balaban J connectivity index is 1.20. The molecular weight excluding hydrogens is 402 g/mol. The smallest absolute Gasteiger partial charge is 0.253 e. The fourth-order valence-electron chi connectivity index (χ4n) is 4.85. The van der Waals surface area contributed by atoms with Crippen LogP contribution in [-0.2, 0) is 0 Å². The van der Waals surface area contributed by atoms with Gasteiger partial charge in [0, 0.05) is 69.0 Å². The molecule has 0 aliphatic carbocycles. The van der Waals surface area contributed by atoms with Crippen molar-refractivity contribution in [2.75, 3.05) is 51.3 Å². The van der Waals surface area contributed by atoms with Crippen LogP contribution in [0, 0.1) is 0 Å². The zero-order chi connectivity index (χ0) is 21.9. The van der Waals surface area contributed by atoms with E-state index in [1.165, 1.54) is 5.69 Å². The minimum atomic E-state index is 0.0964. The van der Waals surface area contributed by atoms with Crippen molar-refractivity contribution in [3.05, 3.63) is 60.4 Å². The van der Waals surface area contributed by atoms with Crippen molar-refractivity contribution in [2.24, 2.45) is 0 Å². The molecule has 5 rings (SSSR count). The summed E-state index contributed by atoms with van der Waals surface area (Å²) in [5.74, 6) is 0.983. The number of aromatic nitrogens is 2. The molecular formula is C25H29N5O2. The molecule has 2 saturated heterocycles. The molecule has 0 saturated carbocycles. The second-order valence-electron chi connectivity index (χ2n) is 8.53. The summed E-state index contributed by atoms with van der Waals surface area (Å²) in [6, 6.07) is 14.3. The largest absolute Gasteiger partial charge is 0.497 e. The summed E-state index contributed by atoms with van der Waals surface area (Å²) in [6.07, 6.45) is 5.53. The van der Waals surface area contributed by atoms with Crippen molar-refractivity contribution in [3.63, 3.8) is 0 Å². The van der Waals surface area contributed by atoms with E-state index in [0.29, 0.717) is 11.6 Å². The third-order valence-electron chi connectivity index (χ3n) is 6.67. The number of hydrogen-bond donors (Lipinski definition) is 0. The predicted octanol–water partition coefficient (Wildman–Crippen LogP) is 3.07. The van der Waals surface area contributed by atoms with Gasteiger partial charge in [-0.1, -0.05) is 0 Å². The molecule has 2 aromatic carbocycles. The summed E-state index contributed by atoms with van der Waals surface area (Å²) in [6.45, 7) is 5.65. The number of amides is 1. The van der Waals surface area contributed by atoms with E-state index in [9.17, 15) is 4.79 Å². The Hall–Kier alpha value is -3.19. The van der Waals surface area contributed by atoms with Gasteiger partial charge in [-0.05, 0) is 55.3 Å². The molecule has 0 bridgehead atoms. The topological polar surface area (TPSA) is 61.8 Å². The Morgan fingerprint density at radius 1 is 0.938 bits per heavy atom. The van der Waals surface area contributed by atoms with E-state index in [2.05, 4.69) is 31.9 Å². The molecule has 2 fully saturated rings. The second-order valence-corrected chi connectivity index (χ2v) is 8.53. The van der Waals surface area contributed by atoms with Crippen LogP contribution >= 0.6 is 0 Å². The maximum Gasteiger partial charge on any atom is 0.253 e. The minimum Gasteiger partial charge on any atom is -0.497 e. The molecule has 2 aliphatic heterocycles. The maximum absolute atomic E-state index is 13.2. The summed E-state index contributed by atoms with van der Waals surface area (Å²) in [5.41, 5.74) is 3.52. The van der Waals surface area contributed by atoms with Gasteiger partial charge in [-0.25, -0.2) is 0 Å². The average molecular weight is 432 g/mol. The number of piperazine rings is 1. The fraction of sp³-hybridized carbons (Fsp3) is 0.400. The summed E-state index contributed by atoms with van der Waals surface area (Å²) < 4.78 is 5.27. The summed E-state index contributed by atoms with van der Waals surface area (Å²) in [5, 5.41) is 0. The number of nitrogens with zero attached hydrogens (tertiary/aromatic N) is 5. The van der Waals surface area contributed by atoms with Crippen molar-refractivity contribution in [2.45, 2.75) is 18.9 Å². The van der Waals surface area contributed by atoms with Crippen molar-refractivity contribution in [1.29, 1.82) is 0 Å². The first kappa shape index (κ1) is 20.7. The molecule has 1 unspecified atom stereocenters. The van der Waals surface area contributed by atoms with E-state index in [1.807, 2.05) is 35.2 Å². The van der Waals surface area contributed by atoms with E-state index < -0.39 is 0 Å². The molecule has 166 valence electrons. The lowest BCUT2D eigenvalue weighted by Crippen LogP contribution is -2.55. The molecule has 7 nitrogen and oxygen atoms in total. The number of hydrogen-bond acceptors (Lipinski definition) is 6. The van der Waals surface area contributed by atoms with Gasteiger partial charge in [0.15, 0.2) is 0 Å². The molecule has 3 aromatic rings. The van der Waals surface area contributed by atoms with Gasteiger partial charge in [-0.2, -0.15) is 0 Å². The van der Waals surface area contributed by atoms with Gasteiger partial charge in [0.05, 0.1) is 18.1 Å². The number of fused-ring (bicyclic) bond motifs is 1. The highest BCUT2D eigenvalue weighted by molar-refractivity contribution is 5.97. The van der Waals surface area contributed by atoms with Gasteiger partial charge in [0.2, 0.25) is 0 Å². The van der Waals surface area contributed by atoms with Crippen LogP contribution in [-0.4, -0.2) is 78.1 Å². The fourth-order valence-corrected chi connectivity index (χ4v) is 4.85. The first-order chi connectivity index (χ1) is 15.7. The lowest BCUT2D eigenvalue weighted by molar-refractivity contribution is 0.0563. The Morgan fingerprint density at radius 2 is 1.69 bits per heavy atom. The number of piperidine rings is 1. The number of likely N-dealkylation sites (tertiary alicyclic amines) is 1. The van der Waals surface area contributed by atoms with Gasteiger partial charge >= 0.3 is 0 Å². The van der Waals surface area contributed by atoms with Crippen LogP contribution < -0.4 is 9.64 Å². The van der Waals surface area contributed by atoms with Crippen LogP contribution in [0.5, 0.6) is 5.75 Å². The lowest BCUT2D eigenvalue weighted by atomic mass is 10.0. The standard InChI is InChI=1S/C25H29N5O2/c1-32-22-7-5-20(6-8-22)28-13-15-29(16-14-28)21-3-2-12-30(18-21)25(31)19-4-9-23-24(17-19)27-11-10-26-23/h4-11,17,21H,2-3,12-16,18H2,1H3. The van der Waals surface area contributed by atoms with Crippen molar-refractivity contribution in [1.82, 2.24) is 19.8 Å². The first-order valence-electron chi connectivity index (χ1n) is 11.3. The van der Waals surface area contributed by atoms with Crippen LogP contribution in [0.15, 0.2) is 54.9 Å². The average Bonchev–Trinajstić information content (AvgIpc) is 2.88. The SMILES string of the molecule is COc1ccc(N2CCN(C3CCCN(C(=O)c4ccc5nccnc5c4)C3)CC2)cc1. The minimum absolute atomic E-state index is 0.0964. The Bertz CT molecular complexity index is 1080. The molecule has 0 radical (unpaired) electrons. The van der Waals surface area contributed by atoms with Crippen LogP contribution in [0.4, 0.5) is 5.69 Å². The zero-order valence-electron chi connectivity index (χ0n) is 18.5. The zero-order valence-corrected chi connectivity index (χ0v) is 18.5. The van der Waals surface area contributed by atoms with E-state index in [-0.39, 0.29) is 5.91 Å². The second kappa shape index (κ2) is 9.12. The predicted molar refractivity (Wildman–Crippen MR) is 125 cm³/mol. The third kappa shape index (κ3) is 4.25. The molecule has 32 heavy (non-hydrogen) atoms. The van der Waals surface area contributed by atoms with E-state index in [4.69, 9.17) is 4.74 Å². The quantitative estimate of drug-likeness (QED) is 0.633. The highest BCUT2D eigenvalue weighted by atomic mass is 16.5. The highest BCUT2D eigenvalue weighted by Gasteiger charge is 2.30. The Morgan fingerprint density at radius 3 is 2.44 bits per heavy atom. The molecule has 1 aromatic heterocycles. The number of carbonyl (C=O) groups excluding carboxylic acids is 1. The Labute approximate surface area is 188 Å².